The van der Waals surface area contributed by atoms with Crippen molar-refractivity contribution in [3.63, 3.8) is 0 Å². The van der Waals surface area contributed by atoms with Crippen LogP contribution in [-0.2, 0) is 14.8 Å². The second kappa shape index (κ2) is 7.33. The van der Waals surface area contributed by atoms with Gasteiger partial charge >= 0.3 is 0 Å². The van der Waals surface area contributed by atoms with Crippen LogP contribution in [0.1, 0.15) is 18.5 Å². The number of anilines is 1. The van der Waals surface area contributed by atoms with Gasteiger partial charge in [0, 0.05) is 11.1 Å². The predicted molar refractivity (Wildman–Crippen MR) is 109 cm³/mol. The normalized spacial score (nSPS) is 15.2. The third-order valence-corrected chi connectivity index (χ3v) is 6.75. The quantitative estimate of drug-likeness (QED) is 0.710. The SMILES string of the molecule is C[C@H](NC(=O)CN1c2ccc(F)cc2-c2ccccc2S1(=O)=O)c1ccccc1. The van der Waals surface area contributed by atoms with Crippen LogP contribution in [0, 0.1) is 5.82 Å². The van der Waals surface area contributed by atoms with Crippen molar-refractivity contribution < 1.29 is 17.6 Å². The van der Waals surface area contributed by atoms with Crippen molar-refractivity contribution >= 4 is 21.6 Å². The van der Waals surface area contributed by atoms with E-state index in [0.717, 1.165) is 9.87 Å². The summed E-state index contributed by atoms with van der Waals surface area (Å²) in [6.07, 6.45) is 0. The Balaban J connectivity index is 1.68. The standard InChI is InChI=1S/C22H19FN2O3S/c1-15(16-7-3-2-4-8-16)24-22(26)14-25-20-12-11-17(23)13-19(20)18-9-5-6-10-21(18)29(25,27)28/h2-13,15H,14H2,1H3,(H,24,26)/t15-/m0/s1. The summed E-state index contributed by atoms with van der Waals surface area (Å²) in [6.45, 7) is 1.43. The van der Waals surface area contributed by atoms with E-state index in [2.05, 4.69) is 5.32 Å². The molecule has 0 saturated carbocycles. The molecule has 1 amide bonds. The summed E-state index contributed by atoms with van der Waals surface area (Å²) in [6, 6.07) is 19.4. The predicted octanol–water partition coefficient (Wildman–Crippen LogP) is 3.88. The molecule has 1 aliphatic rings. The number of hydrogen-bond acceptors (Lipinski definition) is 3. The van der Waals surface area contributed by atoms with Crippen molar-refractivity contribution in [2.24, 2.45) is 0 Å². The van der Waals surface area contributed by atoms with Gasteiger partial charge in [0.25, 0.3) is 10.0 Å². The number of benzene rings is 3. The molecule has 148 valence electrons. The van der Waals surface area contributed by atoms with Crippen LogP contribution < -0.4 is 9.62 Å². The van der Waals surface area contributed by atoms with E-state index in [1.165, 1.54) is 24.3 Å². The Kier molecular flexibility index (Phi) is 4.84. The van der Waals surface area contributed by atoms with Gasteiger partial charge in [-0.15, -0.1) is 0 Å². The molecule has 1 N–H and O–H groups in total. The van der Waals surface area contributed by atoms with Crippen molar-refractivity contribution in [3.8, 4) is 11.1 Å². The lowest BCUT2D eigenvalue weighted by Crippen LogP contribution is -2.43. The fourth-order valence-electron chi connectivity index (χ4n) is 3.52. The number of halogens is 1. The highest BCUT2D eigenvalue weighted by molar-refractivity contribution is 7.93. The Bertz CT molecular complexity index is 1180. The molecule has 0 fully saturated rings. The zero-order valence-electron chi connectivity index (χ0n) is 15.7. The summed E-state index contributed by atoms with van der Waals surface area (Å²) in [5, 5.41) is 2.83. The van der Waals surface area contributed by atoms with Gasteiger partial charge in [0.05, 0.1) is 16.6 Å². The van der Waals surface area contributed by atoms with E-state index in [9.17, 15) is 17.6 Å². The van der Waals surface area contributed by atoms with Crippen LogP contribution in [0.3, 0.4) is 0 Å². The molecule has 7 heteroatoms. The Hall–Kier alpha value is -3.19. The zero-order chi connectivity index (χ0) is 20.6. The number of amides is 1. The smallest absolute Gasteiger partial charge is 0.265 e. The Labute approximate surface area is 168 Å². The Morgan fingerprint density at radius 3 is 2.45 bits per heavy atom. The average Bonchev–Trinajstić information content (AvgIpc) is 2.72. The van der Waals surface area contributed by atoms with Gasteiger partial charge in [0.2, 0.25) is 5.91 Å². The molecule has 0 bridgehead atoms. The van der Waals surface area contributed by atoms with Crippen molar-refractivity contribution in [1.29, 1.82) is 0 Å². The maximum Gasteiger partial charge on any atom is 0.265 e. The lowest BCUT2D eigenvalue weighted by molar-refractivity contribution is -0.120. The fraction of sp³-hybridized carbons (Fsp3) is 0.136. The van der Waals surface area contributed by atoms with E-state index in [0.29, 0.717) is 11.1 Å². The zero-order valence-corrected chi connectivity index (χ0v) is 16.5. The summed E-state index contributed by atoms with van der Waals surface area (Å²) in [7, 11) is -3.95. The highest BCUT2D eigenvalue weighted by atomic mass is 32.2. The largest absolute Gasteiger partial charge is 0.348 e. The average molecular weight is 410 g/mol. The fourth-order valence-corrected chi connectivity index (χ4v) is 5.17. The van der Waals surface area contributed by atoms with Crippen molar-refractivity contribution in [1.82, 2.24) is 5.32 Å². The molecule has 29 heavy (non-hydrogen) atoms. The maximum absolute atomic E-state index is 13.9. The highest BCUT2D eigenvalue weighted by Crippen LogP contribution is 2.43. The third-order valence-electron chi connectivity index (χ3n) is 4.94. The van der Waals surface area contributed by atoms with E-state index in [-0.39, 0.29) is 16.6 Å². The molecule has 1 atom stereocenters. The topological polar surface area (TPSA) is 66.5 Å². The molecular weight excluding hydrogens is 391 g/mol. The molecule has 0 aromatic heterocycles. The van der Waals surface area contributed by atoms with Gasteiger partial charge < -0.3 is 5.32 Å². The minimum absolute atomic E-state index is 0.0574. The van der Waals surface area contributed by atoms with Gasteiger partial charge in [0.1, 0.15) is 12.4 Å². The molecule has 1 heterocycles. The van der Waals surface area contributed by atoms with Crippen molar-refractivity contribution in [2.75, 3.05) is 10.8 Å². The molecular formula is C22H19FN2O3S. The molecule has 0 radical (unpaired) electrons. The molecule has 0 unspecified atom stereocenters. The first-order chi connectivity index (χ1) is 13.9. The lowest BCUT2D eigenvalue weighted by Gasteiger charge is -2.32. The number of fused-ring (bicyclic) bond motifs is 3. The molecule has 3 aromatic carbocycles. The molecule has 1 aliphatic heterocycles. The number of hydrogen-bond donors (Lipinski definition) is 1. The van der Waals surface area contributed by atoms with Crippen LogP contribution in [0.2, 0.25) is 0 Å². The third kappa shape index (κ3) is 3.49. The maximum atomic E-state index is 13.9. The molecule has 0 saturated heterocycles. The summed E-state index contributed by atoms with van der Waals surface area (Å²) >= 11 is 0. The number of sulfonamides is 1. The van der Waals surface area contributed by atoms with E-state index >= 15 is 0 Å². The lowest BCUT2D eigenvalue weighted by atomic mass is 10.0. The summed E-state index contributed by atoms with van der Waals surface area (Å²) in [5.74, 6) is -0.917. The number of carbonyl (C=O) groups is 1. The molecule has 4 rings (SSSR count). The molecule has 0 aliphatic carbocycles. The Morgan fingerprint density at radius 2 is 1.69 bits per heavy atom. The number of carbonyl (C=O) groups excluding carboxylic acids is 1. The van der Waals surface area contributed by atoms with Gasteiger partial charge in [-0.25, -0.2) is 12.8 Å². The highest BCUT2D eigenvalue weighted by Gasteiger charge is 2.36. The van der Waals surface area contributed by atoms with Crippen LogP contribution >= 0.6 is 0 Å². The second-order valence-electron chi connectivity index (χ2n) is 6.87. The van der Waals surface area contributed by atoms with Crippen molar-refractivity contribution in [3.05, 3.63) is 84.2 Å². The van der Waals surface area contributed by atoms with E-state index in [1.807, 2.05) is 37.3 Å². The van der Waals surface area contributed by atoms with Crippen molar-refractivity contribution in [2.45, 2.75) is 17.9 Å². The van der Waals surface area contributed by atoms with E-state index < -0.39 is 28.3 Å². The summed E-state index contributed by atoms with van der Waals surface area (Å²) in [4.78, 5) is 12.7. The minimum atomic E-state index is -3.95. The second-order valence-corrected chi connectivity index (χ2v) is 8.70. The summed E-state index contributed by atoms with van der Waals surface area (Å²) < 4.78 is 41.3. The van der Waals surface area contributed by atoms with Crippen LogP contribution in [0.5, 0.6) is 0 Å². The molecule has 0 spiro atoms. The number of nitrogens with one attached hydrogen (secondary N) is 1. The van der Waals surface area contributed by atoms with Gasteiger partial charge in [-0.05, 0) is 36.8 Å². The van der Waals surface area contributed by atoms with Gasteiger partial charge in [-0.1, -0.05) is 48.5 Å². The first-order valence-corrected chi connectivity index (χ1v) is 10.6. The van der Waals surface area contributed by atoms with Crippen LogP contribution in [0.4, 0.5) is 10.1 Å². The van der Waals surface area contributed by atoms with Gasteiger partial charge in [-0.3, -0.25) is 9.10 Å². The first kappa shape index (κ1) is 19.1. The van der Waals surface area contributed by atoms with E-state index in [1.54, 1.807) is 18.2 Å². The Morgan fingerprint density at radius 1 is 1.00 bits per heavy atom. The van der Waals surface area contributed by atoms with Gasteiger partial charge in [0.15, 0.2) is 0 Å². The van der Waals surface area contributed by atoms with Crippen LogP contribution in [0.25, 0.3) is 11.1 Å². The first-order valence-electron chi connectivity index (χ1n) is 9.14. The molecule has 3 aromatic rings. The number of rotatable bonds is 4. The van der Waals surface area contributed by atoms with Crippen LogP contribution in [-0.4, -0.2) is 20.9 Å². The summed E-state index contributed by atoms with van der Waals surface area (Å²) in [5.41, 5.74) is 2.07. The number of nitrogens with zero attached hydrogens (tertiary/aromatic N) is 1. The van der Waals surface area contributed by atoms with Gasteiger partial charge in [-0.2, -0.15) is 0 Å². The monoisotopic (exact) mass is 410 g/mol. The van der Waals surface area contributed by atoms with Crippen LogP contribution in [0.15, 0.2) is 77.7 Å². The molecule has 5 nitrogen and oxygen atoms in total. The minimum Gasteiger partial charge on any atom is -0.348 e. The van der Waals surface area contributed by atoms with E-state index in [4.69, 9.17) is 0 Å².